The van der Waals surface area contributed by atoms with E-state index in [0.717, 1.165) is 47.7 Å². The van der Waals surface area contributed by atoms with Gasteiger partial charge in [0.15, 0.2) is 0 Å². The predicted molar refractivity (Wildman–Crippen MR) is 112 cm³/mol. The van der Waals surface area contributed by atoms with E-state index in [4.69, 9.17) is 10.5 Å². The number of aliphatic imine (C=N–C) groups is 1. The summed E-state index contributed by atoms with van der Waals surface area (Å²) < 4.78 is 5.91. The van der Waals surface area contributed by atoms with Gasteiger partial charge in [0.25, 0.3) is 0 Å². The van der Waals surface area contributed by atoms with Crippen LogP contribution >= 0.6 is 0 Å². The number of rotatable bonds is 7. The molecular formula is C22H26N4O. The summed E-state index contributed by atoms with van der Waals surface area (Å²) in [6.45, 7) is 5.48. The molecule has 140 valence electrons. The lowest BCUT2D eigenvalue weighted by atomic mass is 10.0. The van der Waals surface area contributed by atoms with Crippen LogP contribution in [-0.4, -0.2) is 17.8 Å². The van der Waals surface area contributed by atoms with Crippen LogP contribution < -0.4 is 15.8 Å². The summed E-state index contributed by atoms with van der Waals surface area (Å²) in [6.07, 6.45) is 9.14. The molecule has 2 heterocycles. The van der Waals surface area contributed by atoms with E-state index in [0.29, 0.717) is 12.4 Å². The molecule has 0 fully saturated rings. The highest BCUT2D eigenvalue weighted by molar-refractivity contribution is 5.86. The summed E-state index contributed by atoms with van der Waals surface area (Å²) in [4.78, 5) is 8.86. The molecule has 3 rings (SSSR count). The van der Waals surface area contributed by atoms with Gasteiger partial charge in [-0.2, -0.15) is 0 Å². The quantitative estimate of drug-likeness (QED) is 0.720. The molecular weight excluding hydrogens is 336 g/mol. The molecule has 0 atom stereocenters. The number of allylic oxidation sites excluding steroid dienone is 3. The molecule has 0 radical (unpaired) electrons. The highest BCUT2D eigenvalue weighted by Gasteiger charge is 2.22. The largest absolute Gasteiger partial charge is 0.492 e. The average molecular weight is 362 g/mol. The van der Waals surface area contributed by atoms with Crippen LogP contribution in [0.1, 0.15) is 37.0 Å². The second-order valence-corrected chi connectivity index (χ2v) is 6.43. The number of hydrogen-bond donors (Lipinski definition) is 2. The normalized spacial score (nSPS) is 14.3. The van der Waals surface area contributed by atoms with Gasteiger partial charge in [0.1, 0.15) is 17.4 Å². The molecule has 0 spiro atoms. The highest BCUT2D eigenvalue weighted by atomic mass is 16.5. The van der Waals surface area contributed by atoms with Crippen molar-refractivity contribution in [2.24, 2.45) is 10.7 Å². The summed E-state index contributed by atoms with van der Waals surface area (Å²) >= 11 is 0. The first-order valence-electron chi connectivity index (χ1n) is 9.28. The number of nitrogens with one attached hydrogen (secondary N) is 1. The number of anilines is 1. The Labute approximate surface area is 160 Å². The molecule has 1 aromatic heterocycles. The molecule has 5 nitrogen and oxygen atoms in total. The Kier molecular flexibility index (Phi) is 6.26. The van der Waals surface area contributed by atoms with Crippen LogP contribution in [-0.2, 0) is 13.0 Å². The Hall–Kier alpha value is -3.08. The van der Waals surface area contributed by atoms with Crippen LogP contribution in [0.15, 0.2) is 59.5 Å². The van der Waals surface area contributed by atoms with E-state index in [9.17, 15) is 0 Å². The summed E-state index contributed by atoms with van der Waals surface area (Å²) in [5, 5.41) is 3.44. The lowest BCUT2D eigenvalue weighted by Crippen LogP contribution is -2.04. The SMILES string of the molecule is CC/C=C(N)/N=C/C=C(\C)c1cnc(NCc2ccccc2)c2c1OCC2. The Balaban J connectivity index is 1.78. The fourth-order valence-corrected chi connectivity index (χ4v) is 2.99. The fraction of sp³-hybridized carbons (Fsp3) is 0.273. The lowest BCUT2D eigenvalue weighted by molar-refractivity contribution is 0.356. The summed E-state index contributed by atoms with van der Waals surface area (Å²) in [5.41, 5.74) is 10.2. The van der Waals surface area contributed by atoms with Crippen molar-refractivity contribution in [2.75, 3.05) is 11.9 Å². The molecule has 0 amide bonds. The standard InChI is InChI=1S/C22H26N4O/c1-3-7-20(23)24-12-10-16(2)19-15-26-22(18-11-13-27-21(18)19)25-14-17-8-5-4-6-9-17/h4-10,12,15H,3,11,13-14,23H2,1-2H3,(H,25,26)/b16-10+,20-7+,24-12+. The van der Waals surface area contributed by atoms with Gasteiger partial charge in [-0.3, -0.25) is 0 Å². The molecule has 5 heteroatoms. The van der Waals surface area contributed by atoms with Crippen molar-refractivity contribution in [3.63, 3.8) is 0 Å². The summed E-state index contributed by atoms with van der Waals surface area (Å²) in [6, 6.07) is 10.3. The fourth-order valence-electron chi connectivity index (χ4n) is 2.99. The minimum atomic E-state index is 0.529. The number of hydrogen-bond acceptors (Lipinski definition) is 5. The van der Waals surface area contributed by atoms with E-state index in [1.54, 1.807) is 6.21 Å². The zero-order valence-corrected chi connectivity index (χ0v) is 15.9. The van der Waals surface area contributed by atoms with Gasteiger partial charge in [0.05, 0.1) is 6.61 Å². The summed E-state index contributed by atoms with van der Waals surface area (Å²) in [7, 11) is 0. The lowest BCUT2D eigenvalue weighted by Gasteiger charge is -2.13. The molecule has 0 bridgehead atoms. The van der Waals surface area contributed by atoms with E-state index in [-0.39, 0.29) is 0 Å². The van der Waals surface area contributed by atoms with Gasteiger partial charge in [-0.1, -0.05) is 37.3 Å². The average Bonchev–Trinajstić information content (AvgIpc) is 3.17. The Bertz CT molecular complexity index is 869. The first-order valence-corrected chi connectivity index (χ1v) is 9.28. The third kappa shape index (κ3) is 4.76. The van der Waals surface area contributed by atoms with E-state index in [2.05, 4.69) is 27.4 Å². The van der Waals surface area contributed by atoms with E-state index in [1.807, 2.05) is 50.4 Å². The first-order chi connectivity index (χ1) is 13.2. The molecule has 0 unspecified atom stereocenters. The van der Waals surface area contributed by atoms with Crippen LogP contribution in [0.25, 0.3) is 5.57 Å². The highest BCUT2D eigenvalue weighted by Crippen LogP contribution is 2.37. The minimum absolute atomic E-state index is 0.529. The van der Waals surface area contributed by atoms with Crippen molar-refractivity contribution in [1.29, 1.82) is 0 Å². The van der Waals surface area contributed by atoms with Gasteiger partial charge in [-0.25, -0.2) is 9.98 Å². The zero-order valence-electron chi connectivity index (χ0n) is 15.9. The smallest absolute Gasteiger partial charge is 0.135 e. The third-order valence-corrected chi connectivity index (χ3v) is 4.41. The van der Waals surface area contributed by atoms with Gasteiger partial charge < -0.3 is 15.8 Å². The predicted octanol–water partition coefficient (Wildman–Crippen LogP) is 4.31. The Morgan fingerprint density at radius 2 is 2.15 bits per heavy atom. The maximum Gasteiger partial charge on any atom is 0.135 e. The maximum absolute atomic E-state index is 5.91. The molecule has 2 aromatic rings. The second-order valence-electron chi connectivity index (χ2n) is 6.43. The van der Waals surface area contributed by atoms with Crippen LogP contribution in [0.2, 0.25) is 0 Å². The molecule has 1 aliphatic rings. The van der Waals surface area contributed by atoms with Crippen molar-refractivity contribution in [3.8, 4) is 5.75 Å². The molecule has 1 aliphatic heterocycles. The number of benzene rings is 1. The van der Waals surface area contributed by atoms with Crippen molar-refractivity contribution in [1.82, 2.24) is 4.98 Å². The first kappa shape index (κ1) is 18.7. The number of fused-ring (bicyclic) bond motifs is 1. The third-order valence-electron chi connectivity index (χ3n) is 4.41. The second kappa shape index (κ2) is 9.03. The topological polar surface area (TPSA) is 72.5 Å². The van der Waals surface area contributed by atoms with Crippen LogP contribution in [0.4, 0.5) is 5.82 Å². The van der Waals surface area contributed by atoms with E-state index >= 15 is 0 Å². The molecule has 0 saturated carbocycles. The maximum atomic E-state index is 5.91. The Morgan fingerprint density at radius 3 is 2.93 bits per heavy atom. The number of pyridine rings is 1. The van der Waals surface area contributed by atoms with Crippen molar-refractivity contribution < 1.29 is 4.74 Å². The van der Waals surface area contributed by atoms with Gasteiger partial charge in [0.2, 0.25) is 0 Å². The monoisotopic (exact) mass is 362 g/mol. The van der Waals surface area contributed by atoms with Gasteiger partial charge in [-0.15, -0.1) is 0 Å². The van der Waals surface area contributed by atoms with E-state index in [1.165, 1.54) is 5.56 Å². The van der Waals surface area contributed by atoms with Gasteiger partial charge in [0, 0.05) is 36.5 Å². The number of ether oxygens (including phenoxy) is 1. The molecule has 1 aromatic carbocycles. The Morgan fingerprint density at radius 1 is 1.33 bits per heavy atom. The number of nitrogens with two attached hydrogens (primary N) is 1. The van der Waals surface area contributed by atoms with E-state index < -0.39 is 0 Å². The zero-order chi connectivity index (χ0) is 19.1. The van der Waals surface area contributed by atoms with Crippen LogP contribution in [0.5, 0.6) is 5.75 Å². The molecule has 0 aliphatic carbocycles. The van der Waals surface area contributed by atoms with Crippen molar-refractivity contribution in [2.45, 2.75) is 33.2 Å². The molecule has 0 saturated heterocycles. The van der Waals surface area contributed by atoms with Gasteiger partial charge >= 0.3 is 0 Å². The van der Waals surface area contributed by atoms with Crippen molar-refractivity contribution in [3.05, 3.63) is 71.2 Å². The van der Waals surface area contributed by atoms with Gasteiger partial charge in [-0.05, 0) is 36.6 Å². The number of aromatic nitrogens is 1. The number of nitrogens with zero attached hydrogens (tertiary/aromatic N) is 2. The molecule has 3 N–H and O–H groups in total. The van der Waals surface area contributed by atoms with Crippen LogP contribution in [0.3, 0.4) is 0 Å². The minimum Gasteiger partial charge on any atom is -0.492 e. The van der Waals surface area contributed by atoms with Crippen molar-refractivity contribution >= 4 is 17.6 Å². The molecule has 27 heavy (non-hydrogen) atoms. The summed E-state index contributed by atoms with van der Waals surface area (Å²) in [5.74, 6) is 2.34. The van der Waals surface area contributed by atoms with Crippen LogP contribution in [0, 0.1) is 0 Å².